The van der Waals surface area contributed by atoms with E-state index in [2.05, 4.69) is 10.3 Å². The molecule has 4 aromatic rings. The first-order valence-corrected chi connectivity index (χ1v) is 11.1. The van der Waals surface area contributed by atoms with Crippen LogP contribution in [-0.4, -0.2) is 28.3 Å². The summed E-state index contributed by atoms with van der Waals surface area (Å²) in [6, 6.07) is 18.7. The minimum absolute atomic E-state index is 0.108. The lowest BCUT2D eigenvalue weighted by atomic mass is 10.2. The van der Waals surface area contributed by atoms with Gasteiger partial charge in [0.1, 0.15) is 10.4 Å². The number of benzene rings is 2. The van der Waals surface area contributed by atoms with Gasteiger partial charge in [-0.1, -0.05) is 42.1 Å². The lowest BCUT2D eigenvalue weighted by Crippen LogP contribution is -2.24. The summed E-state index contributed by atoms with van der Waals surface area (Å²) in [5.41, 5.74) is 2.20. The predicted octanol–water partition coefficient (Wildman–Crippen LogP) is 4.25. The maximum Gasteiger partial charge on any atom is 0.272 e. The molecule has 6 nitrogen and oxygen atoms in total. The normalized spacial score (nSPS) is 10.8. The number of anilines is 1. The molecule has 1 N–H and O–H groups in total. The first-order valence-electron chi connectivity index (χ1n) is 9.23. The molecule has 0 saturated carbocycles. The van der Waals surface area contributed by atoms with Crippen LogP contribution in [0.3, 0.4) is 0 Å². The molecule has 0 aliphatic rings. The van der Waals surface area contributed by atoms with Gasteiger partial charge in [-0.3, -0.25) is 14.2 Å². The molecule has 152 valence electrons. The second-order valence-corrected chi connectivity index (χ2v) is 8.33. The number of hydrogen-bond acceptors (Lipinski definition) is 6. The van der Waals surface area contributed by atoms with E-state index in [1.54, 1.807) is 11.7 Å². The predicted molar refractivity (Wildman–Crippen MR) is 122 cm³/mol. The van der Waals surface area contributed by atoms with Crippen molar-refractivity contribution < 1.29 is 9.53 Å². The van der Waals surface area contributed by atoms with E-state index in [-0.39, 0.29) is 17.2 Å². The highest BCUT2D eigenvalue weighted by Crippen LogP contribution is 2.23. The smallest absolute Gasteiger partial charge is 0.272 e. The molecule has 0 atom stereocenters. The van der Waals surface area contributed by atoms with E-state index in [1.807, 2.05) is 66.0 Å². The van der Waals surface area contributed by atoms with Gasteiger partial charge in [-0.2, -0.15) is 0 Å². The molecule has 0 bridgehead atoms. The molecule has 0 spiro atoms. The van der Waals surface area contributed by atoms with Gasteiger partial charge in [0.05, 0.1) is 24.9 Å². The molecule has 2 aromatic heterocycles. The topological polar surface area (TPSA) is 73.2 Å². The quantitative estimate of drug-likeness (QED) is 0.346. The van der Waals surface area contributed by atoms with Crippen LogP contribution in [0.15, 0.2) is 76.0 Å². The number of thioether (sulfide) groups is 1. The Morgan fingerprint density at radius 2 is 2.00 bits per heavy atom. The third-order valence-corrected chi connectivity index (χ3v) is 6.26. The highest BCUT2D eigenvalue weighted by molar-refractivity contribution is 7.99. The molecule has 0 radical (unpaired) electrons. The van der Waals surface area contributed by atoms with Crippen molar-refractivity contribution in [3.05, 3.63) is 82.0 Å². The van der Waals surface area contributed by atoms with Crippen molar-refractivity contribution in [2.75, 3.05) is 18.2 Å². The van der Waals surface area contributed by atoms with E-state index in [4.69, 9.17) is 4.74 Å². The second kappa shape index (κ2) is 9.15. The first-order chi connectivity index (χ1) is 14.6. The Morgan fingerprint density at radius 1 is 1.17 bits per heavy atom. The first kappa shape index (κ1) is 20.2. The van der Waals surface area contributed by atoms with Gasteiger partial charge in [0.2, 0.25) is 5.91 Å². The minimum Gasteiger partial charge on any atom is -0.497 e. The number of amides is 1. The number of rotatable bonds is 7. The monoisotopic (exact) mass is 437 g/mol. The molecule has 30 heavy (non-hydrogen) atoms. The number of nitrogens with one attached hydrogen (secondary N) is 1. The summed E-state index contributed by atoms with van der Waals surface area (Å²) in [7, 11) is 1.61. The molecular weight excluding hydrogens is 418 g/mol. The number of fused-ring (bicyclic) bond motifs is 1. The lowest BCUT2D eigenvalue weighted by Gasteiger charge is -2.13. The van der Waals surface area contributed by atoms with E-state index < -0.39 is 0 Å². The van der Waals surface area contributed by atoms with E-state index >= 15 is 0 Å². The van der Waals surface area contributed by atoms with Crippen molar-refractivity contribution in [1.82, 2.24) is 9.55 Å². The largest absolute Gasteiger partial charge is 0.497 e. The molecule has 1 amide bonds. The van der Waals surface area contributed by atoms with Crippen molar-refractivity contribution >= 4 is 44.9 Å². The highest BCUT2D eigenvalue weighted by atomic mass is 32.2. The molecule has 2 aromatic carbocycles. The molecule has 0 fully saturated rings. The summed E-state index contributed by atoms with van der Waals surface area (Å²) in [4.78, 5) is 30.1. The lowest BCUT2D eigenvalue weighted by molar-refractivity contribution is -0.113. The fraction of sp³-hybridized carbons (Fsp3) is 0.136. The number of nitrogens with zero attached hydrogens (tertiary/aromatic N) is 2. The third kappa shape index (κ3) is 4.55. The maximum absolute atomic E-state index is 13.1. The fourth-order valence-electron chi connectivity index (χ4n) is 2.98. The van der Waals surface area contributed by atoms with Crippen molar-refractivity contribution in [3.8, 4) is 5.75 Å². The average Bonchev–Trinajstić information content (AvgIpc) is 3.24. The van der Waals surface area contributed by atoms with Gasteiger partial charge < -0.3 is 10.1 Å². The van der Waals surface area contributed by atoms with Gasteiger partial charge in [-0.15, -0.1) is 11.3 Å². The van der Waals surface area contributed by atoms with Crippen LogP contribution in [0.5, 0.6) is 5.75 Å². The number of carbonyl (C=O) groups excluding carboxylic acids is 1. The Bertz CT molecular complexity index is 1240. The van der Waals surface area contributed by atoms with Gasteiger partial charge in [0.15, 0.2) is 5.16 Å². The van der Waals surface area contributed by atoms with E-state index in [1.165, 1.54) is 23.1 Å². The van der Waals surface area contributed by atoms with Gasteiger partial charge in [-0.25, -0.2) is 4.98 Å². The Hall–Kier alpha value is -3.10. The van der Waals surface area contributed by atoms with Crippen LogP contribution in [0, 0.1) is 0 Å². The molecule has 2 heterocycles. The van der Waals surface area contributed by atoms with Gasteiger partial charge in [-0.05, 0) is 41.3 Å². The van der Waals surface area contributed by atoms with Crippen molar-refractivity contribution in [2.45, 2.75) is 11.7 Å². The Kier molecular flexibility index (Phi) is 6.15. The summed E-state index contributed by atoms with van der Waals surface area (Å²) in [6.45, 7) is 0.347. The Morgan fingerprint density at radius 3 is 2.80 bits per heavy atom. The summed E-state index contributed by atoms with van der Waals surface area (Å²) in [6.07, 6.45) is 0. The van der Waals surface area contributed by atoms with Crippen LogP contribution >= 0.6 is 23.1 Å². The average molecular weight is 438 g/mol. The van der Waals surface area contributed by atoms with E-state index in [9.17, 15) is 9.59 Å². The number of ether oxygens (including phenoxy) is 1. The molecule has 0 aliphatic carbocycles. The summed E-state index contributed by atoms with van der Waals surface area (Å²) < 4.78 is 7.51. The molecule has 0 unspecified atom stereocenters. The van der Waals surface area contributed by atoms with E-state index in [0.717, 1.165) is 17.0 Å². The summed E-state index contributed by atoms with van der Waals surface area (Å²) in [5, 5.41) is 5.22. The van der Waals surface area contributed by atoms with Crippen molar-refractivity contribution in [1.29, 1.82) is 0 Å². The Labute approximate surface area is 181 Å². The summed E-state index contributed by atoms with van der Waals surface area (Å²) in [5.74, 6) is 0.718. The second-order valence-electron chi connectivity index (χ2n) is 6.48. The number of aromatic nitrogens is 2. The highest BCUT2D eigenvalue weighted by Gasteiger charge is 2.15. The Balaban J connectivity index is 1.60. The third-order valence-electron chi connectivity index (χ3n) is 4.40. The molecule has 4 rings (SSSR count). The number of hydrogen-bond donors (Lipinski definition) is 1. The number of carbonyl (C=O) groups is 1. The zero-order valence-electron chi connectivity index (χ0n) is 16.2. The van der Waals surface area contributed by atoms with Crippen LogP contribution in [0.1, 0.15) is 5.56 Å². The van der Waals surface area contributed by atoms with Crippen LogP contribution in [0.4, 0.5) is 5.69 Å². The molecular formula is C22H19N3O3S2. The molecule has 0 aliphatic heterocycles. The molecule has 8 heteroatoms. The number of para-hydroxylation sites is 1. The molecule has 0 saturated heterocycles. The SMILES string of the molecule is COc1cccc(Cn2c(SCC(=O)Nc3ccccc3)nc3ccsc3c2=O)c1. The zero-order valence-corrected chi connectivity index (χ0v) is 17.8. The summed E-state index contributed by atoms with van der Waals surface area (Å²) >= 11 is 2.62. The van der Waals surface area contributed by atoms with Crippen molar-refractivity contribution in [3.63, 3.8) is 0 Å². The van der Waals surface area contributed by atoms with Gasteiger partial charge >= 0.3 is 0 Å². The maximum atomic E-state index is 13.1. The zero-order chi connectivity index (χ0) is 20.9. The fourth-order valence-corrected chi connectivity index (χ4v) is 4.55. The van der Waals surface area contributed by atoms with Gasteiger partial charge in [0.25, 0.3) is 5.56 Å². The van der Waals surface area contributed by atoms with Crippen LogP contribution in [0.25, 0.3) is 10.2 Å². The number of thiophene rings is 1. The van der Waals surface area contributed by atoms with Crippen molar-refractivity contribution in [2.24, 2.45) is 0 Å². The number of methoxy groups -OCH3 is 1. The van der Waals surface area contributed by atoms with Gasteiger partial charge in [0, 0.05) is 5.69 Å². The van der Waals surface area contributed by atoms with Crippen LogP contribution in [-0.2, 0) is 11.3 Å². The van der Waals surface area contributed by atoms with E-state index in [0.29, 0.717) is 21.9 Å². The standard InChI is InChI=1S/C22H19N3O3S2/c1-28-17-9-5-6-15(12-17)13-25-21(27)20-18(10-11-29-20)24-22(25)30-14-19(26)23-16-7-3-2-4-8-16/h2-12H,13-14H2,1H3,(H,23,26). The van der Waals surface area contributed by atoms with Crippen LogP contribution < -0.4 is 15.6 Å². The van der Waals surface area contributed by atoms with Crippen LogP contribution in [0.2, 0.25) is 0 Å². The minimum atomic E-state index is -0.154.